The summed E-state index contributed by atoms with van der Waals surface area (Å²) in [5.41, 5.74) is 1.69. The van der Waals surface area contributed by atoms with Crippen molar-refractivity contribution in [2.75, 3.05) is 0 Å². The van der Waals surface area contributed by atoms with Gasteiger partial charge in [-0.05, 0) is 26.0 Å². The third kappa shape index (κ3) is 2.58. The van der Waals surface area contributed by atoms with E-state index < -0.39 is 0 Å². The molecule has 1 aromatic carbocycles. The lowest BCUT2D eigenvalue weighted by Gasteiger charge is -1.98. The van der Waals surface area contributed by atoms with Crippen molar-refractivity contribution in [2.24, 2.45) is 10.1 Å². The number of phenolic OH excluding ortho intramolecular Hbond substituents is 1. The molecule has 0 spiro atoms. The lowest BCUT2D eigenvalue weighted by Crippen LogP contribution is -2.04. The van der Waals surface area contributed by atoms with Crippen molar-refractivity contribution >= 4 is 17.1 Å². The second kappa shape index (κ2) is 4.41. The van der Waals surface area contributed by atoms with Gasteiger partial charge in [-0.1, -0.05) is 11.2 Å². The first-order chi connectivity index (χ1) is 6.63. The van der Waals surface area contributed by atoms with E-state index in [0.717, 1.165) is 0 Å². The Bertz CT molecular complexity index is 383. The summed E-state index contributed by atoms with van der Waals surface area (Å²) in [5, 5.41) is 20.7. The molecule has 0 aliphatic carbocycles. The van der Waals surface area contributed by atoms with Crippen LogP contribution in [0.3, 0.4) is 0 Å². The lowest BCUT2D eigenvalue weighted by molar-refractivity contribution is 0.320. The van der Waals surface area contributed by atoms with Crippen molar-refractivity contribution in [3.05, 3.63) is 24.3 Å². The topological polar surface area (TPSA) is 65.2 Å². The Kier molecular flexibility index (Phi) is 3.23. The molecule has 14 heavy (non-hydrogen) atoms. The number of aliphatic imine (C=N–C) groups is 1. The highest BCUT2D eigenvalue weighted by atomic mass is 16.4. The van der Waals surface area contributed by atoms with Crippen LogP contribution in [-0.2, 0) is 0 Å². The van der Waals surface area contributed by atoms with Crippen molar-refractivity contribution in [3.8, 4) is 5.75 Å². The van der Waals surface area contributed by atoms with Crippen LogP contribution in [0.25, 0.3) is 0 Å². The second-order valence-corrected chi connectivity index (χ2v) is 2.90. The van der Waals surface area contributed by atoms with Gasteiger partial charge in [0, 0.05) is 6.07 Å². The monoisotopic (exact) mass is 192 g/mol. The zero-order valence-electron chi connectivity index (χ0n) is 8.10. The third-order valence-corrected chi connectivity index (χ3v) is 1.80. The van der Waals surface area contributed by atoms with Crippen LogP contribution in [0.1, 0.15) is 13.8 Å². The van der Waals surface area contributed by atoms with Crippen molar-refractivity contribution in [3.63, 3.8) is 0 Å². The average molecular weight is 192 g/mol. The smallest absolute Gasteiger partial charge is 0.117 e. The molecule has 1 aromatic rings. The minimum absolute atomic E-state index is 0.164. The van der Waals surface area contributed by atoms with Crippen molar-refractivity contribution < 1.29 is 10.3 Å². The molecule has 0 fully saturated rings. The van der Waals surface area contributed by atoms with Gasteiger partial charge in [-0.25, -0.2) is 0 Å². The molecule has 0 amide bonds. The molecule has 0 atom stereocenters. The molecule has 0 bridgehead atoms. The summed E-state index contributed by atoms with van der Waals surface area (Å²) in [5.74, 6) is 0.164. The molecule has 4 nitrogen and oxygen atoms in total. The summed E-state index contributed by atoms with van der Waals surface area (Å²) in [6.07, 6.45) is 0. The summed E-state index contributed by atoms with van der Waals surface area (Å²) in [7, 11) is 0. The number of hydrogen-bond acceptors (Lipinski definition) is 4. The normalized spacial score (nSPS) is 13.0. The molecule has 0 unspecified atom stereocenters. The van der Waals surface area contributed by atoms with Gasteiger partial charge in [-0.15, -0.1) is 0 Å². The molecule has 0 radical (unpaired) electrons. The Morgan fingerprint density at radius 2 is 1.93 bits per heavy atom. The molecule has 1 rings (SSSR count). The maximum Gasteiger partial charge on any atom is 0.117 e. The summed E-state index contributed by atoms with van der Waals surface area (Å²) in [4.78, 5) is 4.16. The third-order valence-electron chi connectivity index (χ3n) is 1.80. The highest BCUT2D eigenvalue weighted by Gasteiger charge is 1.98. The minimum Gasteiger partial charge on any atom is -0.508 e. The van der Waals surface area contributed by atoms with Gasteiger partial charge < -0.3 is 10.3 Å². The second-order valence-electron chi connectivity index (χ2n) is 2.90. The number of oxime groups is 1. The first kappa shape index (κ1) is 10.2. The van der Waals surface area contributed by atoms with E-state index in [1.54, 1.807) is 32.0 Å². The number of phenols is 1. The largest absolute Gasteiger partial charge is 0.508 e. The van der Waals surface area contributed by atoms with Gasteiger partial charge in [0.15, 0.2) is 0 Å². The Balaban J connectivity index is 2.97. The SMILES string of the molecule is CC(=Nc1cccc(O)c1)/C(C)=N\O. The molecule has 0 saturated heterocycles. The molecular formula is C10H12N2O2. The van der Waals surface area contributed by atoms with E-state index in [1.807, 2.05) is 0 Å². The Hall–Kier alpha value is -1.84. The van der Waals surface area contributed by atoms with Crippen LogP contribution in [0.5, 0.6) is 5.75 Å². The molecule has 0 aliphatic rings. The quantitative estimate of drug-likeness (QED) is 0.429. The highest BCUT2D eigenvalue weighted by Crippen LogP contribution is 2.18. The van der Waals surface area contributed by atoms with Gasteiger partial charge in [-0.3, -0.25) is 4.99 Å². The van der Waals surface area contributed by atoms with Crippen molar-refractivity contribution in [1.82, 2.24) is 0 Å². The van der Waals surface area contributed by atoms with Gasteiger partial charge in [0.2, 0.25) is 0 Å². The van der Waals surface area contributed by atoms with Gasteiger partial charge in [0.05, 0.1) is 17.1 Å². The fraction of sp³-hybridized carbons (Fsp3) is 0.200. The standard InChI is InChI=1S/C10H12N2O2/c1-7(8(2)12-14)11-9-4-3-5-10(13)6-9/h3-6,13-14H,1-2H3/b11-7?,12-8-. The molecular weight excluding hydrogens is 180 g/mol. The molecule has 0 saturated carbocycles. The zero-order chi connectivity index (χ0) is 10.6. The summed E-state index contributed by atoms with van der Waals surface area (Å²) in [6, 6.07) is 6.57. The van der Waals surface area contributed by atoms with Crippen LogP contribution in [-0.4, -0.2) is 21.7 Å². The van der Waals surface area contributed by atoms with Crippen LogP contribution in [0.15, 0.2) is 34.4 Å². The Morgan fingerprint density at radius 3 is 2.50 bits per heavy atom. The van der Waals surface area contributed by atoms with E-state index in [0.29, 0.717) is 17.1 Å². The van der Waals surface area contributed by atoms with Gasteiger partial charge in [-0.2, -0.15) is 0 Å². The van der Waals surface area contributed by atoms with Crippen LogP contribution in [0, 0.1) is 0 Å². The van der Waals surface area contributed by atoms with E-state index in [9.17, 15) is 5.11 Å². The summed E-state index contributed by atoms with van der Waals surface area (Å²) < 4.78 is 0. The number of hydrogen-bond donors (Lipinski definition) is 2. The maximum absolute atomic E-state index is 9.17. The molecule has 74 valence electrons. The molecule has 0 aromatic heterocycles. The average Bonchev–Trinajstić information content (AvgIpc) is 2.16. The van der Waals surface area contributed by atoms with E-state index in [1.165, 1.54) is 6.07 Å². The number of benzene rings is 1. The number of rotatable bonds is 2. The fourth-order valence-electron chi connectivity index (χ4n) is 0.909. The zero-order valence-corrected chi connectivity index (χ0v) is 8.10. The van der Waals surface area contributed by atoms with Gasteiger partial charge in [0.25, 0.3) is 0 Å². The van der Waals surface area contributed by atoms with Gasteiger partial charge >= 0.3 is 0 Å². The highest BCUT2D eigenvalue weighted by molar-refractivity contribution is 6.40. The van der Waals surface area contributed by atoms with E-state index >= 15 is 0 Å². The first-order valence-electron chi connectivity index (χ1n) is 4.17. The van der Waals surface area contributed by atoms with Crippen molar-refractivity contribution in [1.29, 1.82) is 0 Å². The first-order valence-corrected chi connectivity index (χ1v) is 4.17. The fourth-order valence-corrected chi connectivity index (χ4v) is 0.909. The van der Waals surface area contributed by atoms with E-state index in [-0.39, 0.29) is 5.75 Å². The molecule has 0 aliphatic heterocycles. The van der Waals surface area contributed by atoms with Crippen molar-refractivity contribution in [2.45, 2.75) is 13.8 Å². The predicted octanol–water partition coefficient (Wildman–Crippen LogP) is 2.33. The number of nitrogens with zero attached hydrogens (tertiary/aromatic N) is 2. The van der Waals surface area contributed by atoms with Crippen LogP contribution < -0.4 is 0 Å². The van der Waals surface area contributed by atoms with E-state index in [4.69, 9.17) is 5.21 Å². The summed E-state index contributed by atoms with van der Waals surface area (Å²) >= 11 is 0. The van der Waals surface area contributed by atoms with Crippen LogP contribution >= 0.6 is 0 Å². The van der Waals surface area contributed by atoms with Gasteiger partial charge in [0.1, 0.15) is 5.75 Å². The van der Waals surface area contributed by atoms with Crippen LogP contribution in [0.2, 0.25) is 0 Å². The Labute approximate surface area is 82.2 Å². The predicted molar refractivity (Wildman–Crippen MR) is 55.8 cm³/mol. The minimum atomic E-state index is 0.164. The molecule has 4 heteroatoms. The Morgan fingerprint density at radius 1 is 1.21 bits per heavy atom. The lowest BCUT2D eigenvalue weighted by atomic mass is 10.2. The summed E-state index contributed by atoms with van der Waals surface area (Å²) in [6.45, 7) is 3.39. The molecule has 0 heterocycles. The van der Waals surface area contributed by atoms with E-state index in [2.05, 4.69) is 10.1 Å². The maximum atomic E-state index is 9.17. The number of aromatic hydroxyl groups is 1. The molecule has 2 N–H and O–H groups in total. The van der Waals surface area contributed by atoms with Crippen LogP contribution in [0.4, 0.5) is 5.69 Å².